The topological polar surface area (TPSA) is 61.4 Å². The molecule has 0 aromatic heterocycles. The predicted molar refractivity (Wildman–Crippen MR) is 86.5 cm³/mol. The van der Waals surface area contributed by atoms with Crippen LogP contribution in [0.25, 0.3) is 0 Å². The van der Waals surface area contributed by atoms with Crippen molar-refractivity contribution in [1.29, 1.82) is 0 Å². The van der Waals surface area contributed by atoms with Gasteiger partial charge in [0.05, 0.1) is 0 Å². The second kappa shape index (κ2) is 7.82. The van der Waals surface area contributed by atoms with Gasteiger partial charge in [-0.15, -0.1) is 0 Å². The summed E-state index contributed by atoms with van der Waals surface area (Å²) in [4.78, 5) is 25.6. The van der Waals surface area contributed by atoms with Crippen molar-refractivity contribution in [2.24, 2.45) is 0 Å². The van der Waals surface area contributed by atoms with E-state index in [2.05, 4.69) is 22.8 Å². The maximum Gasteiger partial charge on any atom is 0.317 e. The molecule has 1 aliphatic rings. The summed E-state index contributed by atoms with van der Waals surface area (Å²) in [5, 5.41) is 5.72. The van der Waals surface area contributed by atoms with E-state index in [1.165, 1.54) is 11.1 Å². The van der Waals surface area contributed by atoms with Gasteiger partial charge >= 0.3 is 6.03 Å². The average molecular weight is 303 g/mol. The van der Waals surface area contributed by atoms with Gasteiger partial charge in [0.1, 0.15) is 0 Å². The van der Waals surface area contributed by atoms with E-state index in [0.29, 0.717) is 19.5 Å². The summed E-state index contributed by atoms with van der Waals surface area (Å²) in [6.45, 7) is 5.74. The molecule has 5 nitrogen and oxygen atoms in total. The van der Waals surface area contributed by atoms with Gasteiger partial charge in [0.15, 0.2) is 0 Å². The van der Waals surface area contributed by atoms with Crippen molar-refractivity contribution < 1.29 is 9.59 Å². The van der Waals surface area contributed by atoms with Gasteiger partial charge < -0.3 is 15.5 Å². The summed E-state index contributed by atoms with van der Waals surface area (Å²) in [6.07, 6.45) is 2.11. The van der Waals surface area contributed by atoms with Crippen molar-refractivity contribution in [3.63, 3.8) is 0 Å². The van der Waals surface area contributed by atoms with Crippen LogP contribution in [0.15, 0.2) is 24.3 Å². The van der Waals surface area contributed by atoms with Gasteiger partial charge in [-0.1, -0.05) is 31.2 Å². The van der Waals surface area contributed by atoms with E-state index in [1.807, 2.05) is 26.0 Å². The number of nitrogens with zero attached hydrogens (tertiary/aromatic N) is 1. The number of carbonyl (C=O) groups excluding carboxylic acids is 2. The molecule has 0 bridgehead atoms. The molecule has 0 saturated carbocycles. The van der Waals surface area contributed by atoms with Crippen LogP contribution in [-0.2, 0) is 17.8 Å². The highest BCUT2D eigenvalue weighted by Crippen LogP contribution is 2.18. The zero-order valence-corrected chi connectivity index (χ0v) is 13.4. The number of amides is 3. The summed E-state index contributed by atoms with van der Waals surface area (Å²) in [5.74, 6) is -0.0151. The van der Waals surface area contributed by atoms with Gasteiger partial charge in [0.25, 0.3) is 0 Å². The predicted octanol–water partition coefficient (Wildman–Crippen LogP) is 2.06. The number of rotatable bonds is 5. The highest BCUT2D eigenvalue weighted by Gasteiger charge is 2.20. The highest BCUT2D eigenvalue weighted by atomic mass is 16.2. The Hall–Kier alpha value is -2.04. The van der Waals surface area contributed by atoms with Crippen LogP contribution in [0.5, 0.6) is 0 Å². The molecule has 0 radical (unpaired) electrons. The largest absolute Gasteiger partial charge is 0.354 e. The SMILES string of the molecule is CC[C@H](C)NC(=O)CCNC(=O)N1CCc2ccccc2C1. The second-order valence-electron chi connectivity index (χ2n) is 5.80. The minimum absolute atomic E-state index is 0.0151. The first-order valence-electron chi connectivity index (χ1n) is 7.99. The Labute approximate surface area is 132 Å². The van der Waals surface area contributed by atoms with Crippen molar-refractivity contribution in [2.45, 2.75) is 45.7 Å². The van der Waals surface area contributed by atoms with Gasteiger partial charge in [-0.3, -0.25) is 4.79 Å². The molecule has 1 atom stereocenters. The molecule has 2 N–H and O–H groups in total. The number of hydrogen-bond acceptors (Lipinski definition) is 2. The van der Waals surface area contributed by atoms with E-state index in [9.17, 15) is 9.59 Å². The summed E-state index contributed by atoms with van der Waals surface area (Å²) < 4.78 is 0. The van der Waals surface area contributed by atoms with Crippen molar-refractivity contribution in [3.8, 4) is 0 Å². The minimum Gasteiger partial charge on any atom is -0.354 e. The smallest absolute Gasteiger partial charge is 0.317 e. The molecule has 1 aliphatic heterocycles. The lowest BCUT2D eigenvalue weighted by atomic mass is 10.0. The van der Waals surface area contributed by atoms with E-state index in [4.69, 9.17) is 0 Å². The molecule has 1 aromatic carbocycles. The van der Waals surface area contributed by atoms with Gasteiger partial charge in [-0.2, -0.15) is 0 Å². The standard InChI is InChI=1S/C17H25N3O2/c1-3-13(2)19-16(21)8-10-18-17(22)20-11-9-14-6-4-5-7-15(14)12-20/h4-7,13H,3,8-12H2,1-2H3,(H,18,22)(H,19,21)/t13-/m0/s1. The Bertz CT molecular complexity index is 530. The van der Waals surface area contributed by atoms with Crippen molar-refractivity contribution >= 4 is 11.9 Å². The van der Waals surface area contributed by atoms with Gasteiger partial charge in [-0.25, -0.2) is 4.79 Å². The van der Waals surface area contributed by atoms with Crippen molar-refractivity contribution in [3.05, 3.63) is 35.4 Å². The Morgan fingerprint density at radius 2 is 2.00 bits per heavy atom. The summed E-state index contributed by atoms with van der Waals surface area (Å²) >= 11 is 0. The molecule has 0 fully saturated rings. The molecule has 5 heteroatoms. The Morgan fingerprint density at radius 3 is 2.73 bits per heavy atom. The van der Waals surface area contributed by atoms with E-state index in [1.54, 1.807) is 4.90 Å². The van der Waals surface area contributed by atoms with Crippen LogP contribution in [0.3, 0.4) is 0 Å². The van der Waals surface area contributed by atoms with Crippen LogP contribution in [0.1, 0.15) is 37.8 Å². The van der Waals surface area contributed by atoms with Gasteiger partial charge in [0, 0.05) is 32.1 Å². The molecular weight excluding hydrogens is 278 g/mol. The van der Waals surface area contributed by atoms with Crippen LogP contribution in [-0.4, -0.2) is 36.0 Å². The molecule has 0 saturated heterocycles. The maximum absolute atomic E-state index is 12.2. The van der Waals surface area contributed by atoms with E-state index in [0.717, 1.165) is 19.4 Å². The third-order valence-electron chi connectivity index (χ3n) is 4.07. The Morgan fingerprint density at radius 1 is 1.27 bits per heavy atom. The van der Waals surface area contributed by atoms with Gasteiger partial charge in [0.2, 0.25) is 5.91 Å². The zero-order chi connectivity index (χ0) is 15.9. The van der Waals surface area contributed by atoms with Crippen LogP contribution in [0, 0.1) is 0 Å². The maximum atomic E-state index is 12.2. The molecule has 22 heavy (non-hydrogen) atoms. The molecule has 0 spiro atoms. The number of hydrogen-bond donors (Lipinski definition) is 2. The number of nitrogens with one attached hydrogen (secondary N) is 2. The molecule has 1 heterocycles. The van der Waals surface area contributed by atoms with E-state index < -0.39 is 0 Å². The fourth-order valence-corrected chi connectivity index (χ4v) is 2.51. The first-order valence-corrected chi connectivity index (χ1v) is 7.99. The van der Waals surface area contributed by atoms with E-state index in [-0.39, 0.29) is 18.0 Å². The molecule has 1 aromatic rings. The normalized spacial score (nSPS) is 14.9. The fourth-order valence-electron chi connectivity index (χ4n) is 2.51. The first kappa shape index (κ1) is 16.3. The summed E-state index contributed by atoms with van der Waals surface area (Å²) in [6, 6.07) is 8.30. The van der Waals surface area contributed by atoms with Crippen molar-refractivity contribution in [1.82, 2.24) is 15.5 Å². The fraction of sp³-hybridized carbons (Fsp3) is 0.529. The van der Waals surface area contributed by atoms with Gasteiger partial charge in [-0.05, 0) is 30.9 Å². The molecule has 120 valence electrons. The average Bonchev–Trinajstić information content (AvgIpc) is 2.54. The third kappa shape index (κ3) is 4.48. The summed E-state index contributed by atoms with van der Waals surface area (Å²) in [7, 11) is 0. The molecular formula is C17H25N3O2. The molecule has 2 rings (SSSR count). The Kier molecular flexibility index (Phi) is 5.81. The van der Waals surface area contributed by atoms with Crippen LogP contribution in [0.4, 0.5) is 4.79 Å². The quantitative estimate of drug-likeness (QED) is 0.874. The second-order valence-corrected chi connectivity index (χ2v) is 5.80. The zero-order valence-electron chi connectivity index (χ0n) is 13.4. The number of benzene rings is 1. The minimum atomic E-state index is -0.0918. The lowest BCUT2D eigenvalue weighted by molar-refractivity contribution is -0.121. The van der Waals surface area contributed by atoms with E-state index >= 15 is 0 Å². The highest BCUT2D eigenvalue weighted by molar-refractivity contribution is 5.78. The number of carbonyl (C=O) groups is 2. The molecule has 0 aliphatic carbocycles. The van der Waals surface area contributed by atoms with Crippen molar-refractivity contribution in [2.75, 3.05) is 13.1 Å². The number of urea groups is 1. The lowest BCUT2D eigenvalue weighted by Crippen LogP contribution is -2.44. The first-order chi connectivity index (χ1) is 10.6. The Balaban J connectivity index is 1.74. The van der Waals surface area contributed by atoms with Crippen LogP contribution < -0.4 is 10.6 Å². The third-order valence-corrected chi connectivity index (χ3v) is 4.07. The lowest BCUT2D eigenvalue weighted by Gasteiger charge is -2.28. The molecule has 3 amide bonds. The monoisotopic (exact) mass is 303 g/mol. The van der Waals surface area contributed by atoms with Crippen LogP contribution in [0.2, 0.25) is 0 Å². The number of fused-ring (bicyclic) bond motifs is 1. The van der Waals surface area contributed by atoms with Crippen LogP contribution >= 0.6 is 0 Å². The molecule has 0 unspecified atom stereocenters. The summed E-state index contributed by atoms with van der Waals surface area (Å²) in [5.41, 5.74) is 2.53.